The van der Waals surface area contributed by atoms with Crippen LogP contribution in [0.5, 0.6) is 0 Å². The Kier molecular flexibility index (Phi) is 20.1. The predicted molar refractivity (Wildman–Crippen MR) is 110 cm³/mol. The summed E-state index contributed by atoms with van der Waals surface area (Å²) in [5, 5.41) is 20.7. The minimum Gasteiger partial charge on any atom is -0.367 e. The molecular weight excluding hydrogens is 310 g/mol. The van der Waals surface area contributed by atoms with Crippen LogP contribution in [0, 0.1) is 0 Å². The van der Waals surface area contributed by atoms with Crippen LogP contribution in [0.4, 0.5) is 0 Å². The van der Waals surface area contributed by atoms with Crippen LogP contribution in [0.3, 0.4) is 0 Å². The monoisotopic (exact) mass is 357 g/mol. The second-order valence-corrected chi connectivity index (χ2v) is 7.88. The third-order valence-corrected chi connectivity index (χ3v) is 5.14. The summed E-state index contributed by atoms with van der Waals surface area (Å²) >= 11 is 0. The molecule has 0 radical (unpaired) electrons. The Balaban J connectivity index is 3.07. The van der Waals surface area contributed by atoms with Crippen molar-refractivity contribution in [3.05, 3.63) is 0 Å². The number of hydrogen-bond acceptors (Lipinski definition) is 3. The molecule has 0 aromatic carbocycles. The van der Waals surface area contributed by atoms with Gasteiger partial charge < -0.3 is 15.5 Å². The van der Waals surface area contributed by atoms with Gasteiger partial charge in [0, 0.05) is 12.6 Å². The molecule has 1 atom stereocenters. The molecule has 0 saturated carbocycles. The molecular formula is C22H47NO2. The maximum atomic E-state index is 8.81. The standard InChI is InChI=1S/C22H47NO2/c1-3-4-5-6-7-8-9-10-11-12-13-14-15-16-17-18-19-21(2)23-20-22(24)25/h21-25H,3-20H2,1-2H3. The fraction of sp³-hybridized carbons (Fsp3) is 1.00. The van der Waals surface area contributed by atoms with Crippen molar-refractivity contribution in [3.63, 3.8) is 0 Å². The van der Waals surface area contributed by atoms with Gasteiger partial charge in [0.2, 0.25) is 0 Å². The van der Waals surface area contributed by atoms with E-state index >= 15 is 0 Å². The molecule has 0 amide bonds. The van der Waals surface area contributed by atoms with E-state index in [9.17, 15) is 0 Å². The average Bonchev–Trinajstić information content (AvgIpc) is 2.59. The van der Waals surface area contributed by atoms with Gasteiger partial charge in [-0.15, -0.1) is 0 Å². The molecule has 0 heterocycles. The van der Waals surface area contributed by atoms with Gasteiger partial charge in [0.15, 0.2) is 6.29 Å². The lowest BCUT2D eigenvalue weighted by Gasteiger charge is -2.14. The van der Waals surface area contributed by atoms with E-state index < -0.39 is 6.29 Å². The van der Waals surface area contributed by atoms with Crippen molar-refractivity contribution in [2.24, 2.45) is 0 Å². The lowest BCUT2D eigenvalue weighted by molar-refractivity contribution is -0.0387. The van der Waals surface area contributed by atoms with Crippen molar-refractivity contribution in [2.75, 3.05) is 6.54 Å². The second-order valence-electron chi connectivity index (χ2n) is 7.88. The van der Waals surface area contributed by atoms with E-state index in [1.807, 2.05) is 0 Å². The highest BCUT2D eigenvalue weighted by Crippen LogP contribution is 2.14. The van der Waals surface area contributed by atoms with Crippen LogP contribution < -0.4 is 5.32 Å². The topological polar surface area (TPSA) is 52.5 Å². The molecule has 0 aliphatic carbocycles. The molecule has 3 nitrogen and oxygen atoms in total. The molecule has 25 heavy (non-hydrogen) atoms. The van der Waals surface area contributed by atoms with Gasteiger partial charge in [0.25, 0.3) is 0 Å². The number of nitrogens with one attached hydrogen (secondary N) is 1. The van der Waals surface area contributed by atoms with Gasteiger partial charge in [-0.25, -0.2) is 0 Å². The van der Waals surface area contributed by atoms with Crippen LogP contribution >= 0.6 is 0 Å². The smallest absolute Gasteiger partial charge is 0.164 e. The summed E-state index contributed by atoms with van der Waals surface area (Å²) in [5.74, 6) is 0. The first-order chi connectivity index (χ1) is 12.2. The number of hydrogen-bond donors (Lipinski definition) is 3. The highest BCUT2D eigenvalue weighted by Gasteiger charge is 2.03. The third kappa shape index (κ3) is 21.8. The Morgan fingerprint density at radius 1 is 0.600 bits per heavy atom. The fourth-order valence-corrected chi connectivity index (χ4v) is 3.41. The summed E-state index contributed by atoms with van der Waals surface area (Å²) in [7, 11) is 0. The summed E-state index contributed by atoms with van der Waals surface area (Å²) in [6, 6.07) is 0.383. The lowest BCUT2D eigenvalue weighted by atomic mass is 10.0. The molecule has 0 rings (SSSR count). The largest absolute Gasteiger partial charge is 0.367 e. The minimum atomic E-state index is -1.23. The Morgan fingerprint density at radius 3 is 1.32 bits per heavy atom. The van der Waals surface area contributed by atoms with E-state index in [0.717, 1.165) is 6.42 Å². The van der Waals surface area contributed by atoms with Crippen molar-refractivity contribution >= 4 is 0 Å². The molecule has 3 heteroatoms. The Morgan fingerprint density at radius 2 is 0.960 bits per heavy atom. The average molecular weight is 358 g/mol. The zero-order valence-corrected chi connectivity index (χ0v) is 17.3. The van der Waals surface area contributed by atoms with Crippen LogP contribution in [-0.4, -0.2) is 29.1 Å². The second kappa shape index (κ2) is 20.2. The molecule has 0 saturated heterocycles. The van der Waals surface area contributed by atoms with Crippen LogP contribution in [0.2, 0.25) is 0 Å². The van der Waals surface area contributed by atoms with Gasteiger partial charge >= 0.3 is 0 Å². The molecule has 152 valence electrons. The molecule has 0 aromatic heterocycles. The highest BCUT2D eigenvalue weighted by atomic mass is 16.5. The molecule has 1 unspecified atom stereocenters. The first-order valence-electron chi connectivity index (χ1n) is 11.3. The molecule has 3 N–H and O–H groups in total. The maximum Gasteiger partial charge on any atom is 0.164 e. The normalized spacial score (nSPS) is 12.8. The number of aliphatic hydroxyl groups is 2. The Hall–Kier alpha value is -0.120. The number of rotatable bonds is 20. The van der Waals surface area contributed by atoms with Crippen LogP contribution in [0.15, 0.2) is 0 Å². The molecule has 0 fully saturated rings. The minimum absolute atomic E-state index is 0.278. The Bertz CT molecular complexity index is 246. The van der Waals surface area contributed by atoms with Crippen LogP contribution in [0.1, 0.15) is 123 Å². The van der Waals surface area contributed by atoms with Crippen LogP contribution in [-0.2, 0) is 0 Å². The zero-order chi connectivity index (χ0) is 18.6. The summed E-state index contributed by atoms with van der Waals surface area (Å²) in [4.78, 5) is 0. The maximum absolute atomic E-state index is 8.81. The van der Waals surface area contributed by atoms with Crippen molar-refractivity contribution in [1.29, 1.82) is 0 Å². The van der Waals surface area contributed by atoms with Crippen LogP contribution in [0.25, 0.3) is 0 Å². The first kappa shape index (κ1) is 24.9. The van der Waals surface area contributed by atoms with Gasteiger partial charge in [0.1, 0.15) is 0 Å². The summed E-state index contributed by atoms with van der Waals surface area (Å²) < 4.78 is 0. The van der Waals surface area contributed by atoms with Crippen molar-refractivity contribution < 1.29 is 10.2 Å². The summed E-state index contributed by atoms with van der Waals surface area (Å²) in [5.41, 5.74) is 0. The third-order valence-electron chi connectivity index (χ3n) is 5.14. The summed E-state index contributed by atoms with van der Waals surface area (Å²) in [6.07, 6.45) is 22.4. The van der Waals surface area contributed by atoms with Crippen molar-refractivity contribution in [2.45, 2.75) is 135 Å². The molecule has 0 spiro atoms. The van der Waals surface area contributed by atoms with Gasteiger partial charge in [-0.05, 0) is 13.3 Å². The van der Waals surface area contributed by atoms with Gasteiger partial charge in [-0.1, -0.05) is 110 Å². The van der Waals surface area contributed by atoms with Crippen molar-refractivity contribution in [3.8, 4) is 0 Å². The molecule has 0 bridgehead atoms. The van der Waals surface area contributed by atoms with Gasteiger partial charge in [0.05, 0.1) is 0 Å². The number of aliphatic hydroxyl groups excluding tert-OH is 1. The van der Waals surface area contributed by atoms with E-state index in [0.29, 0.717) is 6.04 Å². The highest BCUT2D eigenvalue weighted by molar-refractivity contribution is 4.61. The van der Waals surface area contributed by atoms with E-state index in [-0.39, 0.29) is 6.54 Å². The zero-order valence-electron chi connectivity index (χ0n) is 17.3. The summed E-state index contributed by atoms with van der Waals surface area (Å²) in [6.45, 7) is 4.68. The first-order valence-corrected chi connectivity index (χ1v) is 11.3. The fourth-order valence-electron chi connectivity index (χ4n) is 3.41. The van der Waals surface area contributed by atoms with E-state index in [1.165, 1.54) is 103 Å². The van der Waals surface area contributed by atoms with E-state index in [1.54, 1.807) is 0 Å². The van der Waals surface area contributed by atoms with Crippen molar-refractivity contribution in [1.82, 2.24) is 5.32 Å². The quantitative estimate of drug-likeness (QED) is 0.187. The van der Waals surface area contributed by atoms with Gasteiger partial charge in [-0.3, -0.25) is 0 Å². The molecule has 0 aliphatic heterocycles. The SMILES string of the molecule is CCCCCCCCCCCCCCCCCCC(C)NCC(O)O. The number of unbranched alkanes of at least 4 members (excludes halogenated alkanes) is 15. The lowest BCUT2D eigenvalue weighted by Crippen LogP contribution is -2.33. The molecule has 0 aromatic rings. The Labute approximate surface area is 158 Å². The van der Waals surface area contributed by atoms with E-state index in [4.69, 9.17) is 10.2 Å². The van der Waals surface area contributed by atoms with Gasteiger partial charge in [-0.2, -0.15) is 0 Å². The molecule has 0 aliphatic rings. The van der Waals surface area contributed by atoms with E-state index in [2.05, 4.69) is 19.2 Å². The predicted octanol–water partition coefficient (Wildman–Crippen LogP) is 5.93.